The second kappa shape index (κ2) is 6.64. The summed E-state index contributed by atoms with van der Waals surface area (Å²) in [5, 5.41) is 4.66. The third kappa shape index (κ3) is 3.31. The van der Waals surface area contributed by atoms with Crippen LogP contribution in [0.15, 0.2) is 0 Å². The Labute approximate surface area is 114 Å². The molecule has 1 atom stereocenters. The van der Waals surface area contributed by atoms with Crippen molar-refractivity contribution in [2.75, 3.05) is 13.7 Å². The Morgan fingerprint density at radius 1 is 1.44 bits per heavy atom. The fourth-order valence-corrected chi connectivity index (χ4v) is 3.51. The van der Waals surface area contributed by atoms with E-state index in [0.717, 1.165) is 19.5 Å². The van der Waals surface area contributed by atoms with Gasteiger partial charge >= 0.3 is 0 Å². The monoisotopic (exact) mass is 268 g/mol. The van der Waals surface area contributed by atoms with Gasteiger partial charge in [0.15, 0.2) is 0 Å². The molecular weight excluding hydrogens is 244 g/mol. The van der Waals surface area contributed by atoms with Crippen LogP contribution in [0.3, 0.4) is 0 Å². The van der Waals surface area contributed by atoms with Gasteiger partial charge in [-0.1, -0.05) is 13.8 Å². The Morgan fingerprint density at radius 2 is 2.22 bits per heavy atom. The molecule has 1 N–H and O–H groups in total. The highest BCUT2D eigenvalue weighted by atomic mass is 32.1. The SMILES string of the molecule is CCCNCc1sc(C(OC)C2CC2)nc1CC. The molecule has 1 aliphatic carbocycles. The first-order valence-electron chi connectivity index (χ1n) is 7.02. The number of nitrogens with one attached hydrogen (secondary N) is 1. The van der Waals surface area contributed by atoms with Crippen molar-refractivity contribution in [3.05, 3.63) is 15.6 Å². The maximum absolute atomic E-state index is 5.63. The van der Waals surface area contributed by atoms with Gasteiger partial charge in [0.05, 0.1) is 5.69 Å². The first kappa shape index (κ1) is 14.0. The van der Waals surface area contributed by atoms with Gasteiger partial charge in [-0.05, 0) is 38.1 Å². The molecule has 1 saturated carbocycles. The first-order valence-corrected chi connectivity index (χ1v) is 7.83. The molecule has 0 amide bonds. The predicted octanol–water partition coefficient (Wildman–Crippen LogP) is 3.30. The third-order valence-electron chi connectivity index (χ3n) is 3.39. The zero-order valence-electron chi connectivity index (χ0n) is 11.7. The van der Waals surface area contributed by atoms with E-state index in [0.29, 0.717) is 5.92 Å². The maximum Gasteiger partial charge on any atom is 0.122 e. The lowest BCUT2D eigenvalue weighted by atomic mass is 10.2. The van der Waals surface area contributed by atoms with Crippen LogP contribution in [0.5, 0.6) is 0 Å². The van der Waals surface area contributed by atoms with Crippen LogP contribution < -0.4 is 5.32 Å². The number of rotatable bonds is 8. The summed E-state index contributed by atoms with van der Waals surface area (Å²) in [6.45, 7) is 6.41. The van der Waals surface area contributed by atoms with Crippen LogP contribution in [0.2, 0.25) is 0 Å². The van der Waals surface area contributed by atoms with E-state index in [-0.39, 0.29) is 6.10 Å². The summed E-state index contributed by atoms with van der Waals surface area (Å²) in [6, 6.07) is 0. The molecule has 102 valence electrons. The summed E-state index contributed by atoms with van der Waals surface area (Å²) in [6.07, 6.45) is 5.02. The second-order valence-electron chi connectivity index (χ2n) is 4.95. The molecule has 1 unspecified atom stereocenters. The molecule has 1 aliphatic rings. The number of aromatic nitrogens is 1. The molecule has 0 aromatic carbocycles. The molecule has 1 aromatic rings. The average Bonchev–Trinajstić information content (AvgIpc) is 3.12. The molecule has 1 aromatic heterocycles. The maximum atomic E-state index is 5.63. The average molecular weight is 268 g/mol. The lowest BCUT2D eigenvalue weighted by molar-refractivity contribution is 0.0842. The Balaban J connectivity index is 2.06. The minimum absolute atomic E-state index is 0.236. The number of ether oxygens (including phenoxy) is 1. The van der Waals surface area contributed by atoms with Gasteiger partial charge in [0.2, 0.25) is 0 Å². The van der Waals surface area contributed by atoms with Crippen LogP contribution in [0.1, 0.15) is 54.8 Å². The number of aryl methyl sites for hydroxylation is 1. The van der Waals surface area contributed by atoms with Gasteiger partial charge in [-0.25, -0.2) is 4.98 Å². The van der Waals surface area contributed by atoms with Gasteiger partial charge < -0.3 is 10.1 Å². The minimum Gasteiger partial charge on any atom is -0.374 e. The van der Waals surface area contributed by atoms with E-state index < -0.39 is 0 Å². The number of hydrogen-bond donors (Lipinski definition) is 1. The van der Waals surface area contributed by atoms with E-state index >= 15 is 0 Å². The first-order chi connectivity index (χ1) is 8.80. The molecule has 18 heavy (non-hydrogen) atoms. The topological polar surface area (TPSA) is 34.1 Å². The van der Waals surface area contributed by atoms with Crippen molar-refractivity contribution in [3.63, 3.8) is 0 Å². The molecule has 1 heterocycles. The van der Waals surface area contributed by atoms with Crippen LogP contribution in [0, 0.1) is 5.92 Å². The fraction of sp³-hybridized carbons (Fsp3) is 0.786. The van der Waals surface area contributed by atoms with E-state index in [2.05, 4.69) is 19.2 Å². The summed E-state index contributed by atoms with van der Waals surface area (Å²) < 4.78 is 5.63. The molecule has 0 radical (unpaired) electrons. The van der Waals surface area contributed by atoms with Crippen molar-refractivity contribution in [1.82, 2.24) is 10.3 Å². The van der Waals surface area contributed by atoms with Crippen molar-refractivity contribution in [3.8, 4) is 0 Å². The van der Waals surface area contributed by atoms with Gasteiger partial charge in [0, 0.05) is 18.5 Å². The van der Waals surface area contributed by atoms with Crippen LogP contribution in [-0.2, 0) is 17.7 Å². The fourth-order valence-electron chi connectivity index (χ4n) is 2.21. The molecule has 2 rings (SSSR count). The Kier molecular flexibility index (Phi) is 5.15. The molecule has 3 nitrogen and oxygen atoms in total. The van der Waals surface area contributed by atoms with Crippen LogP contribution >= 0.6 is 11.3 Å². The van der Waals surface area contributed by atoms with Gasteiger partial charge in [0.25, 0.3) is 0 Å². The smallest absolute Gasteiger partial charge is 0.122 e. The highest BCUT2D eigenvalue weighted by Gasteiger charge is 2.34. The largest absolute Gasteiger partial charge is 0.374 e. The number of nitrogens with zero attached hydrogens (tertiary/aromatic N) is 1. The minimum atomic E-state index is 0.236. The van der Waals surface area contributed by atoms with E-state index in [1.807, 2.05) is 18.4 Å². The van der Waals surface area contributed by atoms with Crippen molar-refractivity contribution >= 4 is 11.3 Å². The zero-order valence-corrected chi connectivity index (χ0v) is 12.5. The van der Waals surface area contributed by atoms with Crippen LogP contribution in [0.4, 0.5) is 0 Å². The second-order valence-corrected chi connectivity index (χ2v) is 6.06. The number of thiazole rings is 1. The molecule has 1 fully saturated rings. The quantitative estimate of drug-likeness (QED) is 0.735. The highest BCUT2D eigenvalue weighted by molar-refractivity contribution is 7.11. The van der Waals surface area contributed by atoms with Crippen molar-refractivity contribution < 1.29 is 4.74 Å². The molecule has 0 spiro atoms. The van der Waals surface area contributed by atoms with E-state index in [4.69, 9.17) is 9.72 Å². The molecular formula is C14H24N2OS. The summed E-state index contributed by atoms with van der Waals surface area (Å²) in [5.74, 6) is 0.710. The van der Waals surface area contributed by atoms with Gasteiger partial charge in [-0.2, -0.15) is 0 Å². The van der Waals surface area contributed by atoms with Crippen LogP contribution in [0.25, 0.3) is 0 Å². The van der Waals surface area contributed by atoms with E-state index in [1.54, 1.807) is 0 Å². The normalized spacial score (nSPS) is 17.1. The third-order valence-corrected chi connectivity index (χ3v) is 4.55. The standard InChI is InChI=1S/C14H24N2OS/c1-4-8-15-9-12-11(5-2)16-14(18-12)13(17-3)10-6-7-10/h10,13,15H,4-9H2,1-3H3. The number of hydrogen-bond acceptors (Lipinski definition) is 4. The van der Waals surface area contributed by atoms with E-state index in [1.165, 1.54) is 34.8 Å². The van der Waals surface area contributed by atoms with Gasteiger partial charge in [-0.3, -0.25) is 0 Å². The Morgan fingerprint density at radius 3 is 2.78 bits per heavy atom. The van der Waals surface area contributed by atoms with Crippen molar-refractivity contribution in [1.29, 1.82) is 0 Å². The lowest BCUT2D eigenvalue weighted by Gasteiger charge is -2.10. The van der Waals surface area contributed by atoms with Crippen molar-refractivity contribution in [2.45, 2.75) is 52.2 Å². The molecule has 0 saturated heterocycles. The highest BCUT2D eigenvalue weighted by Crippen LogP contribution is 2.44. The molecule has 0 bridgehead atoms. The predicted molar refractivity (Wildman–Crippen MR) is 76.0 cm³/mol. The van der Waals surface area contributed by atoms with Crippen LogP contribution in [-0.4, -0.2) is 18.6 Å². The Hall–Kier alpha value is -0.450. The summed E-state index contributed by atoms with van der Waals surface area (Å²) in [5.41, 5.74) is 1.25. The summed E-state index contributed by atoms with van der Waals surface area (Å²) in [4.78, 5) is 6.19. The zero-order chi connectivity index (χ0) is 13.0. The van der Waals surface area contributed by atoms with Crippen molar-refractivity contribution in [2.24, 2.45) is 5.92 Å². The van der Waals surface area contributed by atoms with Gasteiger partial charge in [0.1, 0.15) is 11.1 Å². The van der Waals surface area contributed by atoms with Gasteiger partial charge in [-0.15, -0.1) is 11.3 Å². The lowest BCUT2D eigenvalue weighted by Crippen LogP contribution is -2.13. The van der Waals surface area contributed by atoms with E-state index in [9.17, 15) is 0 Å². The number of methoxy groups -OCH3 is 1. The molecule has 0 aliphatic heterocycles. The summed E-state index contributed by atoms with van der Waals surface area (Å²) in [7, 11) is 1.81. The molecule has 4 heteroatoms. The Bertz CT molecular complexity index is 374. The summed E-state index contributed by atoms with van der Waals surface area (Å²) >= 11 is 1.84.